The minimum Gasteiger partial charge on any atom is -0.478 e. The average Bonchev–Trinajstić information content (AvgIpc) is 2.43. The van der Waals surface area contributed by atoms with E-state index in [-0.39, 0.29) is 23.7 Å². The van der Waals surface area contributed by atoms with Crippen LogP contribution >= 0.6 is 15.9 Å². The number of hydrogen-bond donors (Lipinski definition) is 3. The Kier molecular flexibility index (Phi) is 6.16. The Balaban J connectivity index is 2.93. The summed E-state index contributed by atoms with van der Waals surface area (Å²) in [6, 6.07) is 3.91. The number of carboxylic acids is 1. The summed E-state index contributed by atoms with van der Waals surface area (Å²) >= 11 is 3.22. The van der Waals surface area contributed by atoms with E-state index >= 15 is 0 Å². The molecular formula is C13H16BrN3O4. The molecule has 0 saturated heterocycles. The van der Waals surface area contributed by atoms with E-state index in [1.807, 2.05) is 0 Å². The predicted molar refractivity (Wildman–Crippen MR) is 81.4 cm³/mol. The summed E-state index contributed by atoms with van der Waals surface area (Å²) < 4.78 is 0.636. The molecule has 0 heterocycles. The lowest BCUT2D eigenvalue weighted by molar-refractivity contribution is -0.121. The van der Waals surface area contributed by atoms with Crippen LogP contribution in [0.4, 0.5) is 10.5 Å². The van der Waals surface area contributed by atoms with Crippen molar-refractivity contribution in [2.24, 2.45) is 0 Å². The first-order valence-electron chi connectivity index (χ1n) is 6.18. The summed E-state index contributed by atoms with van der Waals surface area (Å²) in [4.78, 5) is 35.8. The van der Waals surface area contributed by atoms with Crippen LogP contribution < -0.4 is 10.6 Å². The zero-order chi connectivity index (χ0) is 16.0. The van der Waals surface area contributed by atoms with Crippen LogP contribution in [0.3, 0.4) is 0 Å². The number of hydrogen-bond acceptors (Lipinski definition) is 3. The highest BCUT2D eigenvalue weighted by Crippen LogP contribution is 2.22. The van der Waals surface area contributed by atoms with Gasteiger partial charge in [0.15, 0.2) is 0 Å². The predicted octanol–water partition coefficient (Wildman–Crippen LogP) is 1.75. The third-order valence-corrected chi connectivity index (χ3v) is 3.23. The standard InChI is InChI=1S/C13H16BrN3O4/c1-3-17(7-11(18)15-2)13(21)16-10-6-8(14)4-5-9(10)12(19)20/h4-6H,3,7H2,1-2H3,(H,15,18)(H,16,21)(H,19,20). The van der Waals surface area contributed by atoms with Crippen LogP contribution in [-0.4, -0.2) is 48.1 Å². The minimum absolute atomic E-state index is 0.0254. The molecule has 114 valence electrons. The highest BCUT2D eigenvalue weighted by molar-refractivity contribution is 9.10. The van der Waals surface area contributed by atoms with Crippen molar-refractivity contribution in [3.8, 4) is 0 Å². The molecule has 0 atom stereocenters. The van der Waals surface area contributed by atoms with Crippen molar-refractivity contribution in [3.05, 3.63) is 28.2 Å². The quantitative estimate of drug-likeness (QED) is 0.747. The molecule has 3 amide bonds. The van der Waals surface area contributed by atoms with Crippen molar-refractivity contribution in [2.45, 2.75) is 6.92 Å². The molecule has 0 bridgehead atoms. The Morgan fingerprint density at radius 3 is 2.52 bits per heavy atom. The lowest BCUT2D eigenvalue weighted by Crippen LogP contribution is -2.41. The summed E-state index contributed by atoms with van der Waals surface area (Å²) in [5, 5.41) is 14.0. The molecule has 0 aliphatic rings. The molecule has 21 heavy (non-hydrogen) atoms. The van der Waals surface area contributed by atoms with Crippen molar-refractivity contribution in [1.82, 2.24) is 10.2 Å². The molecule has 0 radical (unpaired) electrons. The number of nitrogens with zero attached hydrogens (tertiary/aromatic N) is 1. The Morgan fingerprint density at radius 1 is 1.33 bits per heavy atom. The summed E-state index contributed by atoms with van der Waals surface area (Å²) in [6.07, 6.45) is 0. The highest BCUT2D eigenvalue weighted by Gasteiger charge is 2.18. The van der Waals surface area contributed by atoms with Crippen molar-refractivity contribution >= 4 is 39.5 Å². The molecule has 7 nitrogen and oxygen atoms in total. The zero-order valence-corrected chi connectivity index (χ0v) is 13.2. The molecule has 1 aromatic rings. The first-order valence-corrected chi connectivity index (χ1v) is 6.97. The maximum atomic E-state index is 12.1. The van der Waals surface area contributed by atoms with Gasteiger partial charge in [0, 0.05) is 18.1 Å². The molecule has 1 rings (SSSR count). The number of rotatable bonds is 5. The molecule has 3 N–H and O–H groups in total. The van der Waals surface area contributed by atoms with E-state index in [0.717, 1.165) is 0 Å². The van der Waals surface area contributed by atoms with Crippen molar-refractivity contribution in [1.29, 1.82) is 0 Å². The maximum Gasteiger partial charge on any atom is 0.337 e. The van der Waals surface area contributed by atoms with E-state index in [1.54, 1.807) is 13.0 Å². The van der Waals surface area contributed by atoms with Gasteiger partial charge in [-0.2, -0.15) is 0 Å². The fourth-order valence-corrected chi connectivity index (χ4v) is 1.94. The van der Waals surface area contributed by atoms with E-state index in [1.165, 1.54) is 24.1 Å². The fraction of sp³-hybridized carbons (Fsp3) is 0.308. The third-order valence-electron chi connectivity index (χ3n) is 2.74. The second kappa shape index (κ2) is 7.63. The largest absolute Gasteiger partial charge is 0.478 e. The number of carbonyl (C=O) groups excluding carboxylic acids is 2. The topological polar surface area (TPSA) is 98.7 Å². The second-order valence-electron chi connectivity index (χ2n) is 4.11. The van der Waals surface area contributed by atoms with Gasteiger partial charge in [-0.3, -0.25) is 4.79 Å². The molecule has 0 saturated carbocycles. The number of carboxylic acid groups (broad SMARTS) is 1. The maximum absolute atomic E-state index is 12.1. The first kappa shape index (κ1) is 17.0. The van der Waals surface area contributed by atoms with Crippen LogP contribution in [0.25, 0.3) is 0 Å². The summed E-state index contributed by atoms with van der Waals surface area (Å²) in [5.41, 5.74) is 0.139. The number of aromatic carboxylic acids is 1. The van der Waals surface area contributed by atoms with Crippen LogP contribution in [0, 0.1) is 0 Å². The molecule has 8 heteroatoms. The number of nitrogens with one attached hydrogen (secondary N) is 2. The number of halogens is 1. The number of carbonyl (C=O) groups is 3. The van der Waals surface area contributed by atoms with Crippen LogP contribution in [-0.2, 0) is 4.79 Å². The van der Waals surface area contributed by atoms with Gasteiger partial charge >= 0.3 is 12.0 Å². The van der Waals surface area contributed by atoms with Crippen molar-refractivity contribution in [3.63, 3.8) is 0 Å². The average molecular weight is 358 g/mol. The Bertz CT molecular complexity index is 562. The number of likely N-dealkylation sites (N-methyl/N-ethyl adjacent to an activating group) is 2. The van der Waals surface area contributed by atoms with Gasteiger partial charge in [0.2, 0.25) is 5.91 Å². The van der Waals surface area contributed by atoms with E-state index in [4.69, 9.17) is 5.11 Å². The van der Waals surface area contributed by atoms with Gasteiger partial charge in [0.25, 0.3) is 0 Å². The van der Waals surface area contributed by atoms with Crippen LogP contribution in [0.15, 0.2) is 22.7 Å². The van der Waals surface area contributed by atoms with Gasteiger partial charge < -0.3 is 20.6 Å². The number of anilines is 1. The lowest BCUT2D eigenvalue weighted by Gasteiger charge is -2.21. The molecule has 0 unspecified atom stereocenters. The van der Waals surface area contributed by atoms with Gasteiger partial charge in [-0.1, -0.05) is 15.9 Å². The van der Waals surface area contributed by atoms with Gasteiger partial charge in [-0.25, -0.2) is 9.59 Å². The summed E-state index contributed by atoms with van der Waals surface area (Å²) in [7, 11) is 1.48. The number of urea groups is 1. The normalized spacial score (nSPS) is 9.86. The molecule has 1 aromatic carbocycles. The molecule has 0 aromatic heterocycles. The second-order valence-corrected chi connectivity index (χ2v) is 5.03. The Morgan fingerprint density at radius 2 is 2.00 bits per heavy atom. The van der Waals surface area contributed by atoms with E-state index < -0.39 is 12.0 Å². The number of benzene rings is 1. The highest BCUT2D eigenvalue weighted by atomic mass is 79.9. The van der Waals surface area contributed by atoms with E-state index in [0.29, 0.717) is 11.0 Å². The van der Waals surface area contributed by atoms with Gasteiger partial charge in [0.05, 0.1) is 11.3 Å². The van der Waals surface area contributed by atoms with Gasteiger partial charge in [-0.05, 0) is 25.1 Å². The molecule has 0 aliphatic carbocycles. The Labute approximate surface area is 130 Å². The molecule has 0 fully saturated rings. The van der Waals surface area contributed by atoms with Gasteiger partial charge in [-0.15, -0.1) is 0 Å². The Hall–Kier alpha value is -2.09. The summed E-state index contributed by atoms with van der Waals surface area (Å²) in [6.45, 7) is 1.94. The molecule has 0 aliphatic heterocycles. The van der Waals surface area contributed by atoms with Crippen molar-refractivity contribution in [2.75, 3.05) is 25.5 Å². The lowest BCUT2D eigenvalue weighted by atomic mass is 10.2. The third kappa shape index (κ3) is 4.75. The summed E-state index contributed by atoms with van der Waals surface area (Å²) in [5.74, 6) is -1.45. The first-order chi connectivity index (χ1) is 9.88. The molecule has 0 spiro atoms. The van der Waals surface area contributed by atoms with E-state index in [2.05, 4.69) is 26.6 Å². The van der Waals surface area contributed by atoms with Gasteiger partial charge in [0.1, 0.15) is 6.54 Å². The van der Waals surface area contributed by atoms with E-state index in [9.17, 15) is 14.4 Å². The van der Waals surface area contributed by atoms with Crippen molar-refractivity contribution < 1.29 is 19.5 Å². The van der Waals surface area contributed by atoms with Crippen LogP contribution in [0.1, 0.15) is 17.3 Å². The van der Waals surface area contributed by atoms with Crippen LogP contribution in [0.5, 0.6) is 0 Å². The monoisotopic (exact) mass is 357 g/mol. The minimum atomic E-state index is -1.15. The fourth-order valence-electron chi connectivity index (χ4n) is 1.58. The number of amides is 3. The zero-order valence-electron chi connectivity index (χ0n) is 11.6. The molecular weight excluding hydrogens is 342 g/mol. The smallest absolute Gasteiger partial charge is 0.337 e. The SMILES string of the molecule is CCN(CC(=O)NC)C(=O)Nc1cc(Br)ccc1C(=O)O. The van der Waals surface area contributed by atoms with Crippen LogP contribution in [0.2, 0.25) is 0 Å².